The number of benzene rings is 1. The molecule has 0 radical (unpaired) electrons. The van der Waals surface area contributed by atoms with Gasteiger partial charge < -0.3 is 5.32 Å². The fourth-order valence-corrected chi connectivity index (χ4v) is 4.97. The van der Waals surface area contributed by atoms with Gasteiger partial charge in [-0.05, 0) is 30.9 Å². The topological polar surface area (TPSA) is 48.5 Å². The molecule has 3 heterocycles. The van der Waals surface area contributed by atoms with E-state index in [-0.39, 0.29) is 5.91 Å². The van der Waals surface area contributed by atoms with Crippen molar-refractivity contribution in [2.45, 2.75) is 38.8 Å². The number of nitrogens with one attached hydrogen (secondary N) is 1. The zero-order chi connectivity index (χ0) is 18.6. The molecule has 27 heavy (non-hydrogen) atoms. The Labute approximate surface area is 165 Å². The van der Waals surface area contributed by atoms with Crippen LogP contribution in [0.4, 0.5) is 0 Å². The van der Waals surface area contributed by atoms with Crippen LogP contribution in [-0.2, 0) is 11.3 Å². The molecule has 0 bridgehead atoms. The van der Waals surface area contributed by atoms with Gasteiger partial charge in [0.05, 0.1) is 16.1 Å². The molecular weight excluding hydrogens is 356 g/mol. The SMILES string of the molecule is Cc1ncsc1-c1ccc(CN2CCN(C3CCNC(=O)CC3)CC2)cc1. The van der Waals surface area contributed by atoms with Gasteiger partial charge in [0.15, 0.2) is 0 Å². The van der Waals surface area contributed by atoms with Crippen LogP contribution in [0.3, 0.4) is 0 Å². The summed E-state index contributed by atoms with van der Waals surface area (Å²) < 4.78 is 0. The number of thiazole rings is 1. The minimum atomic E-state index is 0.216. The molecule has 1 unspecified atom stereocenters. The van der Waals surface area contributed by atoms with Crippen LogP contribution in [-0.4, -0.2) is 59.5 Å². The third-order valence-electron chi connectivity index (χ3n) is 5.80. The number of hydrogen-bond donors (Lipinski definition) is 1. The molecule has 6 heteroatoms. The Morgan fingerprint density at radius 3 is 2.63 bits per heavy atom. The predicted molar refractivity (Wildman–Crippen MR) is 110 cm³/mol. The van der Waals surface area contributed by atoms with Gasteiger partial charge in [-0.3, -0.25) is 14.6 Å². The normalized spacial score (nSPS) is 22.4. The number of carbonyl (C=O) groups excluding carboxylic acids is 1. The van der Waals surface area contributed by atoms with E-state index in [1.807, 2.05) is 5.51 Å². The van der Waals surface area contributed by atoms with Gasteiger partial charge in [-0.1, -0.05) is 24.3 Å². The number of aryl methyl sites for hydroxylation is 1. The quantitative estimate of drug-likeness (QED) is 0.881. The molecule has 2 fully saturated rings. The summed E-state index contributed by atoms with van der Waals surface area (Å²) in [5, 5.41) is 2.99. The van der Waals surface area contributed by atoms with Crippen molar-refractivity contribution in [3.8, 4) is 10.4 Å². The molecule has 0 saturated carbocycles. The number of carbonyl (C=O) groups is 1. The molecule has 5 nitrogen and oxygen atoms in total. The number of piperazine rings is 1. The van der Waals surface area contributed by atoms with E-state index >= 15 is 0 Å². The Morgan fingerprint density at radius 2 is 1.93 bits per heavy atom. The van der Waals surface area contributed by atoms with E-state index in [4.69, 9.17) is 0 Å². The zero-order valence-corrected chi connectivity index (χ0v) is 16.8. The van der Waals surface area contributed by atoms with Crippen LogP contribution in [0.1, 0.15) is 30.5 Å². The first kappa shape index (κ1) is 18.6. The highest BCUT2D eigenvalue weighted by atomic mass is 32.1. The third kappa shape index (κ3) is 4.57. The number of amides is 1. The Morgan fingerprint density at radius 1 is 1.15 bits per heavy atom. The molecular formula is C21H28N4OS. The molecule has 0 spiro atoms. The van der Waals surface area contributed by atoms with Gasteiger partial charge in [-0.2, -0.15) is 0 Å². The second-order valence-electron chi connectivity index (χ2n) is 7.61. The monoisotopic (exact) mass is 384 g/mol. The van der Waals surface area contributed by atoms with Crippen LogP contribution in [0.25, 0.3) is 10.4 Å². The zero-order valence-electron chi connectivity index (χ0n) is 16.0. The van der Waals surface area contributed by atoms with Crippen molar-refractivity contribution in [3.63, 3.8) is 0 Å². The molecule has 1 aromatic carbocycles. The molecule has 4 rings (SSSR count). The lowest BCUT2D eigenvalue weighted by atomic mass is 10.1. The number of hydrogen-bond acceptors (Lipinski definition) is 5. The highest BCUT2D eigenvalue weighted by Gasteiger charge is 2.25. The third-order valence-corrected chi connectivity index (χ3v) is 6.77. The van der Waals surface area contributed by atoms with Gasteiger partial charge in [-0.25, -0.2) is 4.98 Å². The Balaban J connectivity index is 1.29. The first-order chi connectivity index (χ1) is 13.2. The highest BCUT2D eigenvalue weighted by molar-refractivity contribution is 7.13. The average Bonchev–Trinajstić information content (AvgIpc) is 2.99. The lowest BCUT2D eigenvalue weighted by molar-refractivity contribution is -0.120. The van der Waals surface area contributed by atoms with Gasteiger partial charge in [0.1, 0.15) is 0 Å². The second kappa shape index (κ2) is 8.50. The summed E-state index contributed by atoms with van der Waals surface area (Å²) in [6.45, 7) is 8.34. The Hall–Kier alpha value is -1.76. The summed E-state index contributed by atoms with van der Waals surface area (Å²) in [7, 11) is 0. The fourth-order valence-electron chi connectivity index (χ4n) is 4.16. The predicted octanol–water partition coefficient (Wildman–Crippen LogP) is 2.90. The molecule has 2 aliphatic rings. The van der Waals surface area contributed by atoms with E-state index in [9.17, 15) is 4.79 Å². The molecule has 0 aliphatic carbocycles. The van der Waals surface area contributed by atoms with E-state index in [0.29, 0.717) is 12.5 Å². The lowest BCUT2D eigenvalue weighted by Gasteiger charge is -2.39. The van der Waals surface area contributed by atoms with Crippen LogP contribution in [0, 0.1) is 6.92 Å². The van der Waals surface area contributed by atoms with Crippen LogP contribution in [0.15, 0.2) is 29.8 Å². The average molecular weight is 385 g/mol. The van der Waals surface area contributed by atoms with Gasteiger partial charge in [-0.15, -0.1) is 11.3 Å². The van der Waals surface area contributed by atoms with Crippen LogP contribution in [0.5, 0.6) is 0 Å². The summed E-state index contributed by atoms with van der Waals surface area (Å²) in [4.78, 5) is 22.3. The van der Waals surface area contributed by atoms with E-state index in [2.05, 4.69) is 51.3 Å². The molecule has 1 amide bonds. The van der Waals surface area contributed by atoms with Crippen LogP contribution < -0.4 is 5.32 Å². The standard InChI is InChI=1S/C21H28N4OS/c1-16-21(27-15-23-16)18-4-2-17(3-5-18)14-24-10-12-25(13-11-24)19-6-7-20(26)22-9-8-19/h2-5,15,19H,6-14H2,1H3,(H,22,26). The fraction of sp³-hybridized carbons (Fsp3) is 0.524. The number of aromatic nitrogens is 1. The van der Waals surface area contributed by atoms with Crippen LogP contribution >= 0.6 is 11.3 Å². The first-order valence-electron chi connectivity index (χ1n) is 9.91. The van der Waals surface area contributed by atoms with Crippen molar-refractivity contribution in [3.05, 3.63) is 41.0 Å². The molecule has 2 saturated heterocycles. The van der Waals surface area contributed by atoms with Crippen molar-refractivity contribution in [2.75, 3.05) is 32.7 Å². The van der Waals surface area contributed by atoms with E-state index in [0.717, 1.165) is 57.8 Å². The molecule has 1 aromatic heterocycles. The summed E-state index contributed by atoms with van der Waals surface area (Å²) in [5.74, 6) is 0.216. The van der Waals surface area contributed by atoms with Gasteiger partial charge in [0.25, 0.3) is 0 Å². The van der Waals surface area contributed by atoms with Gasteiger partial charge in [0, 0.05) is 51.7 Å². The summed E-state index contributed by atoms with van der Waals surface area (Å²) in [6, 6.07) is 9.52. The molecule has 2 aromatic rings. The maximum Gasteiger partial charge on any atom is 0.220 e. The minimum absolute atomic E-state index is 0.216. The summed E-state index contributed by atoms with van der Waals surface area (Å²) in [6.07, 6.45) is 2.77. The van der Waals surface area contributed by atoms with Crippen molar-refractivity contribution in [1.82, 2.24) is 20.1 Å². The van der Waals surface area contributed by atoms with Crippen molar-refractivity contribution in [2.24, 2.45) is 0 Å². The molecule has 1 N–H and O–H groups in total. The maximum absolute atomic E-state index is 11.5. The number of rotatable bonds is 4. The van der Waals surface area contributed by atoms with E-state index in [1.54, 1.807) is 11.3 Å². The second-order valence-corrected chi connectivity index (χ2v) is 8.46. The van der Waals surface area contributed by atoms with Crippen LogP contribution in [0.2, 0.25) is 0 Å². The molecule has 2 aliphatic heterocycles. The maximum atomic E-state index is 11.5. The minimum Gasteiger partial charge on any atom is -0.356 e. The van der Waals surface area contributed by atoms with Gasteiger partial charge >= 0.3 is 0 Å². The lowest BCUT2D eigenvalue weighted by Crippen LogP contribution is -2.50. The summed E-state index contributed by atoms with van der Waals surface area (Å²) >= 11 is 1.71. The van der Waals surface area contributed by atoms with Gasteiger partial charge in [0.2, 0.25) is 5.91 Å². The highest BCUT2D eigenvalue weighted by Crippen LogP contribution is 2.27. The largest absolute Gasteiger partial charge is 0.356 e. The van der Waals surface area contributed by atoms with E-state index in [1.165, 1.54) is 16.0 Å². The molecule has 1 atom stereocenters. The first-order valence-corrected chi connectivity index (χ1v) is 10.8. The number of nitrogens with zero attached hydrogens (tertiary/aromatic N) is 3. The van der Waals surface area contributed by atoms with E-state index < -0.39 is 0 Å². The van der Waals surface area contributed by atoms with Crippen molar-refractivity contribution < 1.29 is 4.79 Å². The smallest absolute Gasteiger partial charge is 0.220 e. The van der Waals surface area contributed by atoms with Crippen molar-refractivity contribution in [1.29, 1.82) is 0 Å². The Kier molecular flexibility index (Phi) is 5.86. The molecule has 144 valence electrons. The summed E-state index contributed by atoms with van der Waals surface area (Å²) in [5.41, 5.74) is 5.66. The van der Waals surface area contributed by atoms with Crippen molar-refractivity contribution >= 4 is 17.2 Å². The Bertz CT molecular complexity index is 765.